The van der Waals surface area contributed by atoms with E-state index in [1.54, 1.807) is 4.68 Å². The molecule has 1 aliphatic carbocycles. The van der Waals surface area contributed by atoms with Gasteiger partial charge in [0.05, 0.1) is 6.54 Å². The van der Waals surface area contributed by atoms with Crippen molar-refractivity contribution in [2.75, 3.05) is 5.32 Å². The Balaban J connectivity index is 1.42. The fourth-order valence-corrected chi connectivity index (χ4v) is 2.90. The molecule has 0 saturated heterocycles. The molecule has 10 heteroatoms. The number of aromatic nitrogens is 5. The summed E-state index contributed by atoms with van der Waals surface area (Å²) in [5, 5.41) is 10.2. The van der Waals surface area contributed by atoms with Gasteiger partial charge in [0.15, 0.2) is 5.69 Å². The Hall–Kier alpha value is -3.17. The maximum Gasteiger partial charge on any atom is 0.435 e. The summed E-state index contributed by atoms with van der Waals surface area (Å²) in [6.07, 6.45) is -1.46. The molecule has 1 aromatic carbocycles. The highest BCUT2D eigenvalue weighted by atomic mass is 19.4. The van der Waals surface area contributed by atoms with Crippen molar-refractivity contribution in [2.24, 2.45) is 0 Å². The number of hydrogen-bond acceptors (Lipinski definition) is 4. The lowest BCUT2D eigenvalue weighted by molar-refractivity contribution is -0.141. The normalized spacial score (nSPS) is 14.2. The van der Waals surface area contributed by atoms with Crippen molar-refractivity contribution in [3.8, 4) is 0 Å². The monoisotopic (exact) mass is 390 g/mol. The molecule has 1 aliphatic rings. The summed E-state index contributed by atoms with van der Waals surface area (Å²) in [6.45, 7) is 0.165. The van der Waals surface area contributed by atoms with Crippen molar-refractivity contribution in [1.82, 2.24) is 24.5 Å². The van der Waals surface area contributed by atoms with Crippen LogP contribution in [0.1, 0.15) is 35.7 Å². The van der Waals surface area contributed by atoms with E-state index in [4.69, 9.17) is 0 Å². The summed E-state index contributed by atoms with van der Waals surface area (Å²) in [5.74, 6) is -0.409. The van der Waals surface area contributed by atoms with Crippen LogP contribution in [0.25, 0.3) is 0 Å². The second kappa shape index (κ2) is 7.10. The van der Waals surface area contributed by atoms with E-state index in [9.17, 15) is 18.0 Å². The highest BCUT2D eigenvalue weighted by molar-refractivity contribution is 5.88. The van der Waals surface area contributed by atoms with Gasteiger partial charge in [-0.3, -0.25) is 14.8 Å². The fraction of sp³-hybridized carbons (Fsp3) is 0.333. The number of nitrogens with zero attached hydrogens (tertiary/aromatic N) is 5. The van der Waals surface area contributed by atoms with Gasteiger partial charge in [-0.1, -0.05) is 30.3 Å². The van der Waals surface area contributed by atoms with Gasteiger partial charge >= 0.3 is 6.18 Å². The molecule has 0 bridgehead atoms. The van der Waals surface area contributed by atoms with Crippen molar-refractivity contribution in [1.29, 1.82) is 0 Å². The zero-order valence-electron chi connectivity index (χ0n) is 14.7. The van der Waals surface area contributed by atoms with Crippen LogP contribution in [-0.4, -0.2) is 30.5 Å². The first-order valence-electron chi connectivity index (χ1n) is 8.76. The number of rotatable bonds is 6. The van der Waals surface area contributed by atoms with Gasteiger partial charge in [0.1, 0.15) is 12.9 Å². The van der Waals surface area contributed by atoms with Gasteiger partial charge in [-0.2, -0.15) is 18.3 Å². The predicted molar refractivity (Wildman–Crippen MR) is 93.4 cm³/mol. The maximum absolute atomic E-state index is 12.9. The molecule has 4 rings (SSSR count). The summed E-state index contributed by atoms with van der Waals surface area (Å²) >= 11 is 0. The molecule has 2 aromatic heterocycles. The first-order chi connectivity index (χ1) is 13.4. The highest BCUT2D eigenvalue weighted by Gasteiger charge is 2.38. The number of halogens is 3. The number of carbonyl (C=O) groups excluding carboxylic acids is 1. The fourth-order valence-electron chi connectivity index (χ4n) is 2.90. The molecule has 1 N–H and O–H groups in total. The van der Waals surface area contributed by atoms with Crippen molar-refractivity contribution in [3.05, 3.63) is 59.7 Å². The average molecular weight is 390 g/mol. The second-order valence-corrected chi connectivity index (χ2v) is 6.68. The van der Waals surface area contributed by atoms with E-state index in [-0.39, 0.29) is 18.4 Å². The standard InChI is InChI=1S/C18H17F3N6O/c19-18(20,21)15-8-14(13-6-7-13)27(24-15)10-16(28)23-17-22-11-26(25-17)9-12-4-2-1-3-5-12/h1-5,8,11,13H,6-7,9-10H2,(H,23,25,28). The van der Waals surface area contributed by atoms with E-state index in [0.717, 1.165) is 29.2 Å². The second-order valence-electron chi connectivity index (χ2n) is 6.68. The van der Waals surface area contributed by atoms with Gasteiger partial charge in [0, 0.05) is 11.6 Å². The lowest BCUT2D eigenvalue weighted by Crippen LogP contribution is -2.22. The van der Waals surface area contributed by atoms with Gasteiger partial charge in [0.2, 0.25) is 11.9 Å². The van der Waals surface area contributed by atoms with Crippen LogP contribution in [-0.2, 0) is 24.1 Å². The minimum absolute atomic E-state index is 0.0274. The van der Waals surface area contributed by atoms with Crippen LogP contribution in [0.2, 0.25) is 0 Å². The van der Waals surface area contributed by atoms with Gasteiger partial charge in [-0.25, -0.2) is 9.67 Å². The molecule has 0 aliphatic heterocycles. The Morgan fingerprint density at radius 2 is 1.93 bits per heavy atom. The van der Waals surface area contributed by atoms with Gasteiger partial charge in [0.25, 0.3) is 0 Å². The zero-order chi connectivity index (χ0) is 19.7. The van der Waals surface area contributed by atoms with Crippen LogP contribution in [0, 0.1) is 0 Å². The van der Waals surface area contributed by atoms with E-state index in [2.05, 4.69) is 20.5 Å². The average Bonchev–Trinajstić information content (AvgIpc) is 3.25. The largest absolute Gasteiger partial charge is 0.435 e. The summed E-state index contributed by atoms with van der Waals surface area (Å²) in [6, 6.07) is 10.6. The number of benzene rings is 1. The maximum atomic E-state index is 12.9. The first kappa shape index (κ1) is 18.2. The third-order valence-corrected chi connectivity index (χ3v) is 4.37. The number of hydrogen-bond donors (Lipinski definition) is 1. The number of carbonyl (C=O) groups is 1. The minimum Gasteiger partial charge on any atom is -0.292 e. The van der Waals surface area contributed by atoms with Crippen LogP contribution in [0.4, 0.5) is 19.1 Å². The molecular weight excluding hydrogens is 373 g/mol. The van der Waals surface area contributed by atoms with Crippen molar-refractivity contribution in [3.63, 3.8) is 0 Å². The SMILES string of the molecule is O=C(Cn1nc(C(F)(F)F)cc1C1CC1)Nc1ncn(Cc2ccccc2)n1. The summed E-state index contributed by atoms with van der Waals surface area (Å²) in [5.41, 5.74) is 0.480. The Labute approximate surface area is 158 Å². The lowest BCUT2D eigenvalue weighted by atomic mass is 10.2. The Morgan fingerprint density at radius 3 is 2.61 bits per heavy atom. The third kappa shape index (κ3) is 4.21. The molecule has 1 saturated carbocycles. The molecule has 1 fully saturated rings. The third-order valence-electron chi connectivity index (χ3n) is 4.37. The lowest BCUT2D eigenvalue weighted by Gasteiger charge is -2.06. The summed E-state index contributed by atoms with van der Waals surface area (Å²) in [7, 11) is 0. The van der Waals surface area contributed by atoms with Crippen molar-refractivity contribution in [2.45, 2.75) is 38.0 Å². The van der Waals surface area contributed by atoms with E-state index in [1.165, 1.54) is 6.33 Å². The minimum atomic E-state index is -4.54. The number of nitrogens with one attached hydrogen (secondary N) is 1. The Kier molecular flexibility index (Phi) is 4.62. The Bertz CT molecular complexity index is 975. The van der Waals surface area contributed by atoms with Gasteiger partial charge < -0.3 is 0 Å². The van der Waals surface area contributed by atoms with Crippen LogP contribution in [0.5, 0.6) is 0 Å². The van der Waals surface area contributed by atoms with E-state index < -0.39 is 17.8 Å². The summed E-state index contributed by atoms with van der Waals surface area (Å²) in [4.78, 5) is 16.3. The number of alkyl halides is 3. The summed E-state index contributed by atoms with van der Waals surface area (Å²) < 4.78 is 41.5. The van der Waals surface area contributed by atoms with Crippen LogP contribution >= 0.6 is 0 Å². The van der Waals surface area contributed by atoms with Crippen molar-refractivity contribution < 1.29 is 18.0 Å². The predicted octanol–water partition coefficient (Wildman–Crippen LogP) is 3.06. The molecule has 0 radical (unpaired) electrons. The van der Waals surface area contributed by atoms with Crippen LogP contribution in [0.3, 0.4) is 0 Å². The zero-order valence-corrected chi connectivity index (χ0v) is 14.7. The van der Waals surface area contributed by atoms with Gasteiger partial charge in [-0.05, 0) is 24.5 Å². The molecular formula is C18H17F3N6O. The van der Waals surface area contributed by atoms with E-state index in [0.29, 0.717) is 12.2 Å². The molecule has 146 valence electrons. The molecule has 28 heavy (non-hydrogen) atoms. The highest BCUT2D eigenvalue weighted by Crippen LogP contribution is 2.42. The Morgan fingerprint density at radius 1 is 1.18 bits per heavy atom. The molecule has 2 heterocycles. The molecule has 3 aromatic rings. The van der Waals surface area contributed by atoms with Crippen LogP contribution in [0.15, 0.2) is 42.7 Å². The van der Waals surface area contributed by atoms with E-state index in [1.807, 2.05) is 30.3 Å². The van der Waals surface area contributed by atoms with E-state index >= 15 is 0 Å². The molecule has 1 amide bonds. The molecule has 0 atom stereocenters. The molecule has 0 unspecified atom stereocenters. The van der Waals surface area contributed by atoms with Crippen LogP contribution < -0.4 is 5.32 Å². The van der Waals surface area contributed by atoms with Gasteiger partial charge in [-0.15, -0.1) is 5.10 Å². The smallest absolute Gasteiger partial charge is 0.292 e. The molecule has 0 spiro atoms. The number of anilines is 1. The quantitative estimate of drug-likeness (QED) is 0.702. The van der Waals surface area contributed by atoms with Crippen molar-refractivity contribution >= 4 is 11.9 Å². The topological polar surface area (TPSA) is 77.6 Å². The molecule has 7 nitrogen and oxygen atoms in total. The first-order valence-corrected chi connectivity index (χ1v) is 8.76. The number of amides is 1.